The highest BCUT2D eigenvalue weighted by Gasteiger charge is 2.13. The Morgan fingerprint density at radius 3 is 2.80 bits per heavy atom. The summed E-state index contributed by atoms with van der Waals surface area (Å²) in [5, 5.41) is 9.27. The van der Waals surface area contributed by atoms with Gasteiger partial charge in [0, 0.05) is 53.2 Å². The molecule has 4 aromatic rings. The molecule has 35 heavy (non-hydrogen) atoms. The average molecular weight is 508 g/mol. The van der Waals surface area contributed by atoms with Gasteiger partial charge in [-0.05, 0) is 41.5 Å². The summed E-state index contributed by atoms with van der Waals surface area (Å²) in [6.45, 7) is 0.588. The van der Waals surface area contributed by atoms with Gasteiger partial charge in [0.15, 0.2) is 0 Å². The van der Waals surface area contributed by atoms with Crippen LogP contribution in [0.1, 0.15) is 11.1 Å². The van der Waals surface area contributed by atoms with Crippen LogP contribution in [-0.2, 0) is 17.8 Å². The van der Waals surface area contributed by atoms with Gasteiger partial charge < -0.3 is 15.0 Å². The van der Waals surface area contributed by atoms with Crippen LogP contribution < -0.4 is 10.1 Å². The van der Waals surface area contributed by atoms with Gasteiger partial charge in [0.1, 0.15) is 5.75 Å². The number of anilines is 1. The Morgan fingerprint density at radius 2 is 2.03 bits per heavy atom. The molecule has 0 saturated heterocycles. The van der Waals surface area contributed by atoms with Gasteiger partial charge in [-0.15, -0.1) is 0 Å². The number of carbonyl (C=O) groups excluding carboxylic acids is 1. The summed E-state index contributed by atoms with van der Waals surface area (Å²) in [4.78, 5) is 15.5. The van der Waals surface area contributed by atoms with Gasteiger partial charge in [0.05, 0.1) is 31.9 Å². The molecule has 3 aromatic carbocycles. The number of halogens is 1. The van der Waals surface area contributed by atoms with Crippen molar-refractivity contribution in [1.29, 1.82) is 0 Å². The van der Waals surface area contributed by atoms with Gasteiger partial charge >= 0.3 is 0 Å². The molecule has 7 nitrogen and oxygen atoms in total. The molecule has 180 valence electrons. The third kappa shape index (κ3) is 6.55. The largest absolute Gasteiger partial charge is 0.497 e. The summed E-state index contributed by atoms with van der Waals surface area (Å²) in [6, 6.07) is 19.0. The molecule has 0 aliphatic rings. The van der Waals surface area contributed by atoms with E-state index >= 15 is 0 Å². The van der Waals surface area contributed by atoms with Crippen LogP contribution in [0.3, 0.4) is 0 Å². The highest BCUT2D eigenvalue weighted by Crippen LogP contribution is 2.32. The van der Waals surface area contributed by atoms with Crippen LogP contribution in [0, 0.1) is 0 Å². The van der Waals surface area contributed by atoms with Crippen LogP contribution in [0.2, 0.25) is 5.02 Å². The molecule has 0 spiro atoms. The van der Waals surface area contributed by atoms with Crippen LogP contribution in [0.5, 0.6) is 5.75 Å². The normalized spacial score (nSPS) is 11.2. The van der Waals surface area contributed by atoms with Crippen LogP contribution in [0.4, 0.5) is 5.69 Å². The molecule has 0 atom stereocenters. The van der Waals surface area contributed by atoms with E-state index in [1.165, 1.54) is 11.9 Å². The van der Waals surface area contributed by atoms with Crippen molar-refractivity contribution in [2.45, 2.75) is 17.9 Å². The number of aromatic nitrogens is 2. The van der Waals surface area contributed by atoms with E-state index in [9.17, 15) is 4.79 Å². The number of carbonyl (C=O) groups is 1. The van der Waals surface area contributed by atoms with Gasteiger partial charge in [-0.3, -0.25) is 9.48 Å². The maximum absolute atomic E-state index is 12.7. The Hall–Kier alpha value is -3.49. The molecule has 1 amide bonds. The monoisotopic (exact) mass is 507 g/mol. The van der Waals surface area contributed by atoms with Gasteiger partial charge in [0.25, 0.3) is 0 Å². The Kier molecular flexibility index (Phi) is 7.94. The van der Waals surface area contributed by atoms with Crippen molar-refractivity contribution in [3.63, 3.8) is 0 Å². The number of rotatable bonds is 9. The molecule has 0 unspecified atom stereocenters. The van der Waals surface area contributed by atoms with Gasteiger partial charge in [-0.1, -0.05) is 41.9 Å². The molecule has 4 rings (SSSR count). The summed E-state index contributed by atoms with van der Waals surface area (Å²) < 4.78 is 11.7. The van der Waals surface area contributed by atoms with Gasteiger partial charge in [-0.25, -0.2) is 4.40 Å². The number of amides is 1. The zero-order chi connectivity index (χ0) is 24.8. The third-order valence-electron chi connectivity index (χ3n) is 5.13. The lowest BCUT2D eigenvalue weighted by Crippen LogP contribution is -2.14. The summed E-state index contributed by atoms with van der Waals surface area (Å²) in [7, 11) is 5.48. The fourth-order valence-corrected chi connectivity index (χ4v) is 4.51. The number of hydrogen-bond donors (Lipinski definition) is 1. The smallest absolute Gasteiger partial charge is 0.228 e. The van der Waals surface area contributed by atoms with E-state index in [0.717, 1.165) is 32.7 Å². The van der Waals surface area contributed by atoms with E-state index in [4.69, 9.17) is 21.4 Å². The second kappa shape index (κ2) is 11.3. The highest BCUT2D eigenvalue weighted by molar-refractivity contribution is 7.98. The Morgan fingerprint density at radius 1 is 1.20 bits per heavy atom. The van der Waals surface area contributed by atoms with E-state index in [1.54, 1.807) is 19.5 Å². The minimum atomic E-state index is -0.152. The van der Waals surface area contributed by atoms with Crippen LogP contribution in [0.15, 0.2) is 76.2 Å². The Balaban J connectivity index is 1.62. The molecule has 0 saturated carbocycles. The number of fused-ring (bicyclic) bond motifs is 1. The zero-order valence-electron chi connectivity index (χ0n) is 19.7. The Labute approximate surface area is 213 Å². The lowest BCUT2D eigenvalue weighted by atomic mass is 10.1. The number of methoxy groups -OCH3 is 1. The topological polar surface area (TPSA) is 71.8 Å². The zero-order valence-corrected chi connectivity index (χ0v) is 21.3. The molecule has 1 aromatic heterocycles. The molecule has 0 aliphatic carbocycles. The summed E-state index contributed by atoms with van der Waals surface area (Å²) >= 11 is 7.56. The quantitative estimate of drug-likeness (QED) is 0.183. The van der Waals surface area contributed by atoms with Gasteiger partial charge in [0.2, 0.25) is 5.91 Å². The number of nitrogens with one attached hydrogen (secondary N) is 1. The number of nitrogens with zero attached hydrogens (tertiary/aromatic N) is 4. The lowest BCUT2D eigenvalue weighted by molar-refractivity contribution is -0.115. The summed E-state index contributed by atoms with van der Waals surface area (Å²) in [6.07, 6.45) is 3.92. The first-order chi connectivity index (χ1) is 16.9. The van der Waals surface area contributed by atoms with Crippen molar-refractivity contribution < 1.29 is 9.53 Å². The van der Waals surface area contributed by atoms with Crippen molar-refractivity contribution >= 4 is 52.4 Å². The van der Waals surface area contributed by atoms with E-state index < -0.39 is 0 Å². The molecule has 0 radical (unpaired) electrons. The molecule has 0 aliphatic heterocycles. The SMILES string of the molecule is COc1cccc(Cn2cc3c(SN=CN(C)C)cc(NC(=O)Cc4ccccc4Cl)cc3n2)c1. The molecular formula is C26H26ClN5O2S. The van der Waals surface area contributed by atoms with E-state index in [1.807, 2.05) is 84.5 Å². The molecule has 1 N–H and O–H groups in total. The minimum absolute atomic E-state index is 0.152. The van der Waals surface area contributed by atoms with Crippen molar-refractivity contribution in [3.05, 3.63) is 83.0 Å². The Bertz CT molecular complexity index is 1370. The predicted molar refractivity (Wildman–Crippen MR) is 144 cm³/mol. The first-order valence-electron chi connectivity index (χ1n) is 11.0. The first-order valence-corrected chi connectivity index (χ1v) is 12.1. The van der Waals surface area contributed by atoms with Crippen LogP contribution >= 0.6 is 23.5 Å². The predicted octanol–water partition coefficient (Wildman–Crippen LogP) is 5.52. The third-order valence-corrected chi connectivity index (χ3v) is 6.24. The van der Waals surface area contributed by atoms with Crippen molar-refractivity contribution in [1.82, 2.24) is 14.7 Å². The maximum Gasteiger partial charge on any atom is 0.228 e. The van der Waals surface area contributed by atoms with Crippen molar-refractivity contribution in [2.75, 3.05) is 26.5 Å². The molecule has 1 heterocycles. The molecule has 0 bridgehead atoms. The fourth-order valence-electron chi connectivity index (χ4n) is 3.52. The second-order valence-electron chi connectivity index (χ2n) is 8.18. The van der Waals surface area contributed by atoms with Crippen molar-refractivity contribution in [3.8, 4) is 5.75 Å². The van der Waals surface area contributed by atoms with Gasteiger partial charge in [-0.2, -0.15) is 5.10 Å². The van der Waals surface area contributed by atoms with Crippen LogP contribution in [-0.4, -0.2) is 48.1 Å². The van der Waals surface area contributed by atoms with E-state index in [-0.39, 0.29) is 12.3 Å². The van der Waals surface area contributed by atoms with Crippen molar-refractivity contribution in [2.24, 2.45) is 4.40 Å². The fraction of sp³-hybridized carbons (Fsp3) is 0.192. The molecular weight excluding hydrogens is 482 g/mol. The number of benzene rings is 3. The summed E-state index contributed by atoms with van der Waals surface area (Å²) in [5.41, 5.74) is 3.28. The average Bonchev–Trinajstić information content (AvgIpc) is 3.23. The minimum Gasteiger partial charge on any atom is -0.497 e. The summed E-state index contributed by atoms with van der Waals surface area (Å²) in [5.74, 6) is 0.651. The lowest BCUT2D eigenvalue weighted by Gasteiger charge is -2.08. The van der Waals surface area contributed by atoms with E-state index in [0.29, 0.717) is 17.3 Å². The van der Waals surface area contributed by atoms with Crippen LogP contribution in [0.25, 0.3) is 10.9 Å². The standard InChI is InChI=1S/C26H26ClN5O2S/c1-31(2)17-28-35-25-14-20(29-26(33)12-19-8-4-5-10-23(19)27)13-24-22(25)16-32(30-24)15-18-7-6-9-21(11-18)34-3/h4-11,13-14,16-17H,12,15H2,1-3H3,(H,29,33). The number of hydrogen-bond acceptors (Lipinski definition) is 5. The highest BCUT2D eigenvalue weighted by atomic mass is 35.5. The maximum atomic E-state index is 12.7. The van der Waals surface area contributed by atoms with E-state index in [2.05, 4.69) is 9.71 Å². The molecule has 9 heteroatoms. The number of ether oxygens (including phenoxy) is 1. The first kappa shape index (κ1) is 24.6. The molecule has 0 fully saturated rings. The second-order valence-corrected chi connectivity index (χ2v) is 9.42.